The number of hydrogen-bond donors (Lipinski definition) is 1. The minimum absolute atomic E-state index is 0.0138. The number of nitrogens with two attached hydrogens (primary N) is 1. The van der Waals surface area contributed by atoms with Crippen molar-refractivity contribution in [3.8, 4) is 0 Å². The van der Waals surface area contributed by atoms with Gasteiger partial charge in [-0.2, -0.15) is 0 Å². The highest BCUT2D eigenvalue weighted by Gasteiger charge is 2.34. The average molecular weight is 386 g/mol. The van der Waals surface area contributed by atoms with Gasteiger partial charge in [0.15, 0.2) is 0 Å². The van der Waals surface area contributed by atoms with E-state index in [1.807, 2.05) is 30.3 Å². The van der Waals surface area contributed by atoms with E-state index in [0.717, 1.165) is 10.5 Å². The minimum atomic E-state index is -0.710. The highest BCUT2D eigenvalue weighted by atomic mass is 16.2. The second-order valence-corrected chi connectivity index (χ2v) is 7.27. The highest BCUT2D eigenvalue weighted by Crippen LogP contribution is 2.16. The van der Waals surface area contributed by atoms with Crippen LogP contribution in [0.25, 0.3) is 0 Å². The molecule has 4 amide bonds. The summed E-state index contributed by atoms with van der Waals surface area (Å²) in [5, 5.41) is 0. The standard InChI is InChI=1S/C20H26N4O4/c21-20(28)16-14-22(13-15-5-2-1-3-6-15)11-12-23(16)19(27)9-10-24-17(25)7-4-8-18(24)26/h1-3,5-6,16H,4,7-14H2,(H2,21,28). The molecule has 0 aromatic heterocycles. The van der Waals surface area contributed by atoms with Gasteiger partial charge >= 0.3 is 0 Å². The maximum absolute atomic E-state index is 12.7. The second-order valence-electron chi connectivity index (χ2n) is 7.27. The topological polar surface area (TPSA) is 104 Å². The number of hydrogen-bond acceptors (Lipinski definition) is 5. The molecule has 1 aromatic rings. The number of piperidine rings is 1. The van der Waals surface area contributed by atoms with Gasteiger partial charge in [0, 0.05) is 52.0 Å². The summed E-state index contributed by atoms with van der Waals surface area (Å²) in [7, 11) is 0. The zero-order chi connectivity index (χ0) is 20.1. The molecule has 8 nitrogen and oxygen atoms in total. The van der Waals surface area contributed by atoms with Gasteiger partial charge < -0.3 is 10.6 Å². The first-order valence-electron chi connectivity index (χ1n) is 9.64. The lowest BCUT2D eigenvalue weighted by Gasteiger charge is -2.40. The third-order valence-electron chi connectivity index (χ3n) is 5.29. The lowest BCUT2D eigenvalue weighted by atomic mass is 10.1. The molecule has 2 aliphatic heterocycles. The monoisotopic (exact) mass is 386 g/mol. The molecule has 28 heavy (non-hydrogen) atoms. The molecule has 2 saturated heterocycles. The number of amides is 4. The van der Waals surface area contributed by atoms with Crippen LogP contribution in [0.4, 0.5) is 0 Å². The molecule has 2 heterocycles. The van der Waals surface area contributed by atoms with Crippen LogP contribution >= 0.6 is 0 Å². The van der Waals surface area contributed by atoms with Gasteiger partial charge in [0.1, 0.15) is 6.04 Å². The van der Waals surface area contributed by atoms with Gasteiger partial charge in [-0.05, 0) is 12.0 Å². The number of carbonyl (C=O) groups excluding carboxylic acids is 4. The smallest absolute Gasteiger partial charge is 0.241 e. The van der Waals surface area contributed by atoms with Crippen molar-refractivity contribution in [2.45, 2.75) is 38.3 Å². The molecular formula is C20H26N4O4. The summed E-state index contributed by atoms with van der Waals surface area (Å²) in [6.45, 7) is 2.14. The van der Waals surface area contributed by atoms with Gasteiger partial charge in [0.25, 0.3) is 0 Å². The number of benzene rings is 1. The number of imide groups is 1. The number of carbonyl (C=O) groups is 4. The van der Waals surface area contributed by atoms with E-state index >= 15 is 0 Å². The van der Waals surface area contributed by atoms with Crippen LogP contribution in [0, 0.1) is 0 Å². The van der Waals surface area contributed by atoms with Gasteiger partial charge in [-0.25, -0.2) is 0 Å². The Kier molecular flexibility index (Phi) is 6.41. The number of primary amides is 1. The Bertz CT molecular complexity index is 736. The number of piperazine rings is 1. The molecular weight excluding hydrogens is 360 g/mol. The molecule has 0 saturated carbocycles. The molecule has 2 fully saturated rings. The van der Waals surface area contributed by atoms with Gasteiger partial charge in [-0.3, -0.25) is 29.0 Å². The van der Waals surface area contributed by atoms with Crippen molar-refractivity contribution in [2.24, 2.45) is 5.73 Å². The van der Waals surface area contributed by atoms with Gasteiger partial charge in [-0.15, -0.1) is 0 Å². The lowest BCUT2D eigenvalue weighted by molar-refractivity contribution is -0.149. The second kappa shape index (κ2) is 8.97. The number of likely N-dealkylation sites (tertiary alicyclic amines) is 1. The molecule has 1 atom stereocenters. The van der Waals surface area contributed by atoms with Crippen LogP contribution in [-0.2, 0) is 25.7 Å². The SMILES string of the molecule is NC(=O)C1CN(Cc2ccccc2)CCN1C(=O)CCN1C(=O)CCCC1=O. The third-order valence-corrected chi connectivity index (χ3v) is 5.29. The average Bonchev–Trinajstić information content (AvgIpc) is 2.68. The van der Waals surface area contributed by atoms with Crippen molar-refractivity contribution in [3.05, 3.63) is 35.9 Å². The Hall–Kier alpha value is -2.74. The maximum atomic E-state index is 12.7. The van der Waals surface area contributed by atoms with Crippen LogP contribution < -0.4 is 5.73 Å². The van der Waals surface area contributed by atoms with E-state index in [1.165, 1.54) is 4.90 Å². The minimum Gasteiger partial charge on any atom is -0.368 e. The van der Waals surface area contributed by atoms with Crippen molar-refractivity contribution < 1.29 is 19.2 Å². The molecule has 0 bridgehead atoms. The van der Waals surface area contributed by atoms with Crippen molar-refractivity contribution in [2.75, 3.05) is 26.2 Å². The molecule has 0 radical (unpaired) electrons. The largest absolute Gasteiger partial charge is 0.368 e. The first-order chi connectivity index (χ1) is 13.5. The van der Waals surface area contributed by atoms with Gasteiger partial charge in [-0.1, -0.05) is 30.3 Å². The summed E-state index contributed by atoms with van der Waals surface area (Å²) in [6, 6.07) is 9.20. The molecule has 1 unspecified atom stereocenters. The summed E-state index contributed by atoms with van der Waals surface area (Å²) in [5.74, 6) is -1.27. The zero-order valence-electron chi connectivity index (χ0n) is 15.9. The normalized spacial score (nSPS) is 21.1. The van der Waals surface area contributed by atoms with E-state index in [-0.39, 0.29) is 30.7 Å². The fourth-order valence-corrected chi connectivity index (χ4v) is 3.77. The van der Waals surface area contributed by atoms with E-state index in [1.54, 1.807) is 0 Å². The van der Waals surface area contributed by atoms with E-state index in [2.05, 4.69) is 4.90 Å². The van der Waals surface area contributed by atoms with Crippen LogP contribution in [0.1, 0.15) is 31.2 Å². The highest BCUT2D eigenvalue weighted by molar-refractivity contribution is 5.98. The fraction of sp³-hybridized carbons (Fsp3) is 0.500. The number of rotatable bonds is 6. The van der Waals surface area contributed by atoms with E-state index in [4.69, 9.17) is 5.73 Å². The van der Waals surface area contributed by atoms with Crippen LogP contribution in [0.2, 0.25) is 0 Å². The maximum Gasteiger partial charge on any atom is 0.241 e. The van der Waals surface area contributed by atoms with Crippen molar-refractivity contribution in [1.29, 1.82) is 0 Å². The molecule has 8 heteroatoms. The molecule has 0 spiro atoms. The first-order valence-corrected chi connectivity index (χ1v) is 9.64. The van der Waals surface area contributed by atoms with Crippen LogP contribution in [-0.4, -0.2) is 70.5 Å². The quantitative estimate of drug-likeness (QED) is 0.699. The van der Waals surface area contributed by atoms with Crippen LogP contribution in [0.3, 0.4) is 0 Å². The fourth-order valence-electron chi connectivity index (χ4n) is 3.77. The first kappa shape index (κ1) is 20.0. The van der Waals surface area contributed by atoms with Gasteiger partial charge in [0.2, 0.25) is 23.6 Å². The summed E-state index contributed by atoms with van der Waals surface area (Å²) in [6.07, 6.45) is 1.25. The summed E-state index contributed by atoms with van der Waals surface area (Å²) >= 11 is 0. The predicted octanol–water partition coefficient (Wildman–Crippen LogP) is 0.114. The van der Waals surface area contributed by atoms with Crippen molar-refractivity contribution in [3.63, 3.8) is 0 Å². The molecule has 150 valence electrons. The molecule has 2 aliphatic rings. The third kappa shape index (κ3) is 4.75. The van der Waals surface area contributed by atoms with Crippen molar-refractivity contribution >= 4 is 23.6 Å². The number of nitrogens with zero attached hydrogens (tertiary/aromatic N) is 3. The lowest BCUT2D eigenvalue weighted by Crippen LogP contribution is -2.60. The van der Waals surface area contributed by atoms with Gasteiger partial charge in [0.05, 0.1) is 0 Å². The van der Waals surface area contributed by atoms with E-state index in [9.17, 15) is 19.2 Å². The zero-order valence-corrected chi connectivity index (χ0v) is 15.9. The Morgan fingerprint density at radius 3 is 2.36 bits per heavy atom. The van der Waals surface area contributed by atoms with Crippen molar-refractivity contribution in [1.82, 2.24) is 14.7 Å². The summed E-state index contributed by atoms with van der Waals surface area (Å²) in [5.41, 5.74) is 6.69. The van der Waals surface area contributed by atoms with E-state index < -0.39 is 11.9 Å². The summed E-state index contributed by atoms with van der Waals surface area (Å²) in [4.78, 5) is 53.2. The van der Waals surface area contributed by atoms with E-state index in [0.29, 0.717) is 45.4 Å². The summed E-state index contributed by atoms with van der Waals surface area (Å²) < 4.78 is 0. The molecule has 2 N–H and O–H groups in total. The molecule has 0 aliphatic carbocycles. The van der Waals surface area contributed by atoms with Crippen LogP contribution in [0.15, 0.2) is 30.3 Å². The predicted molar refractivity (Wildman–Crippen MR) is 102 cm³/mol. The van der Waals surface area contributed by atoms with Crippen LogP contribution in [0.5, 0.6) is 0 Å². The Balaban J connectivity index is 1.58. The Morgan fingerprint density at radius 2 is 1.71 bits per heavy atom. The molecule has 1 aromatic carbocycles. The Morgan fingerprint density at radius 1 is 1.04 bits per heavy atom. The molecule has 3 rings (SSSR count). The Labute approximate surface area is 164 Å².